The molecule has 0 fully saturated rings. The van der Waals surface area contributed by atoms with Crippen molar-refractivity contribution in [2.45, 2.75) is 5.75 Å². The number of thiol groups is 1. The molecule has 0 aliphatic rings. The first-order valence-electron chi connectivity index (χ1n) is 4.15. The lowest BCUT2D eigenvalue weighted by atomic mass is 10.3. The lowest BCUT2D eigenvalue weighted by Crippen LogP contribution is -1.98. The van der Waals surface area contributed by atoms with Crippen molar-refractivity contribution in [1.82, 2.24) is 14.8 Å². The molecular weight excluding hydrogens is 214 g/mol. The maximum absolute atomic E-state index is 5.13. The van der Waals surface area contributed by atoms with Gasteiger partial charge in [-0.2, -0.15) is 17.7 Å². The zero-order valence-corrected chi connectivity index (χ0v) is 9.05. The summed E-state index contributed by atoms with van der Waals surface area (Å²) in [6, 6.07) is 9.86. The Morgan fingerprint density at radius 2 is 2.07 bits per heavy atom. The normalized spacial score (nSPS) is 10.4. The first-order valence-corrected chi connectivity index (χ1v) is 5.19. The first-order chi connectivity index (χ1) is 6.83. The van der Waals surface area contributed by atoms with Crippen molar-refractivity contribution >= 4 is 24.8 Å². The van der Waals surface area contributed by atoms with E-state index in [0.717, 1.165) is 11.5 Å². The zero-order chi connectivity index (χ0) is 9.97. The van der Waals surface area contributed by atoms with Gasteiger partial charge in [-0.05, 0) is 24.4 Å². The molecule has 0 aliphatic heterocycles. The molecular formula is C9H9N3S2. The number of hydrogen-bond donors (Lipinski definition) is 2. The quantitative estimate of drug-likeness (QED) is 0.605. The number of H-pyrrole nitrogens is 1. The van der Waals surface area contributed by atoms with Crippen LogP contribution in [0.5, 0.6) is 0 Å². The monoisotopic (exact) mass is 223 g/mol. The summed E-state index contributed by atoms with van der Waals surface area (Å²) in [6.45, 7) is 0. The Bertz CT molecular complexity index is 472. The minimum absolute atomic E-state index is 0.558. The summed E-state index contributed by atoms with van der Waals surface area (Å²) in [5.74, 6) is 1.38. The highest BCUT2D eigenvalue weighted by Crippen LogP contribution is 2.11. The van der Waals surface area contributed by atoms with Crippen molar-refractivity contribution < 1.29 is 0 Å². The molecule has 0 atom stereocenters. The predicted octanol–water partition coefficient (Wildman–Crippen LogP) is 2.36. The Labute approximate surface area is 92.2 Å². The smallest absolute Gasteiger partial charge is 0.199 e. The van der Waals surface area contributed by atoms with Gasteiger partial charge in [-0.1, -0.05) is 18.2 Å². The summed E-state index contributed by atoms with van der Waals surface area (Å²) in [4.78, 5) is 0. The number of para-hydroxylation sites is 1. The Kier molecular flexibility index (Phi) is 2.69. The maximum Gasteiger partial charge on any atom is 0.199 e. The SMILES string of the molecule is S=c1[nH]nc(CS)n1-c1ccccc1. The van der Waals surface area contributed by atoms with E-state index >= 15 is 0 Å². The van der Waals surface area contributed by atoms with Crippen LogP contribution in [0.2, 0.25) is 0 Å². The third-order valence-corrected chi connectivity index (χ3v) is 2.45. The number of hydrogen-bond acceptors (Lipinski definition) is 3. The van der Waals surface area contributed by atoms with E-state index in [2.05, 4.69) is 22.8 Å². The molecule has 5 heteroatoms. The molecule has 0 saturated carbocycles. The summed E-state index contributed by atoms with van der Waals surface area (Å²) >= 11 is 9.33. The molecule has 0 saturated heterocycles. The summed E-state index contributed by atoms with van der Waals surface area (Å²) < 4.78 is 2.47. The average Bonchev–Trinajstić information content (AvgIpc) is 2.61. The summed E-state index contributed by atoms with van der Waals surface area (Å²) in [7, 11) is 0. The van der Waals surface area contributed by atoms with E-state index in [1.807, 2.05) is 34.9 Å². The van der Waals surface area contributed by atoms with Gasteiger partial charge in [0.15, 0.2) is 4.77 Å². The van der Waals surface area contributed by atoms with E-state index in [9.17, 15) is 0 Å². The van der Waals surface area contributed by atoms with Gasteiger partial charge in [0.1, 0.15) is 5.82 Å². The third-order valence-electron chi connectivity index (χ3n) is 1.90. The van der Waals surface area contributed by atoms with E-state index < -0.39 is 0 Å². The average molecular weight is 223 g/mol. The van der Waals surface area contributed by atoms with Gasteiger partial charge in [0, 0.05) is 5.69 Å². The molecule has 2 rings (SSSR count). The molecule has 1 heterocycles. The molecule has 2 aromatic rings. The number of benzene rings is 1. The highest BCUT2D eigenvalue weighted by molar-refractivity contribution is 7.79. The summed E-state index contributed by atoms with van der Waals surface area (Å²) in [6.07, 6.45) is 0. The minimum atomic E-state index is 0.558. The second kappa shape index (κ2) is 3.98. The number of rotatable bonds is 2. The van der Waals surface area contributed by atoms with Crippen molar-refractivity contribution in [2.75, 3.05) is 0 Å². The van der Waals surface area contributed by atoms with Gasteiger partial charge in [-0.15, -0.1) is 0 Å². The van der Waals surface area contributed by atoms with Crippen molar-refractivity contribution in [1.29, 1.82) is 0 Å². The second-order valence-corrected chi connectivity index (χ2v) is 3.48. The predicted molar refractivity (Wildman–Crippen MR) is 61.4 cm³/mol. The van der Waals surface area contributed by atoms with Gasteiger partial charge in [-0.3, -0.25) is 9.67 Å². The standard InChI is InChI=1S/C9H9N3S2/c13-6-8-10-11-9(14)12(8)7-4-2-1-3-5-7/h1-5,13H,6H2,(H,11,14). The number of aromatic nitrogens is 3. The molecule has 0 aliphatic carbocycles. The van der Waals surface area contributed by atoms with Crippen LogP contribution in [0, 0.1) is 4.77 Å². The fourth-order valence-corrected chi connectivity index (χ4v) is 1.75. The number of nitrogens with one attached hydrogen (secondary N) is 1. The molecule has 72 valence electrons. The van der Waals surface area contributed by atoms with Gasteiger partial charge in [0.05, 0.1) is 5.75 Å². The highest BCUT2D eigenvalue weighted by atomic mass is 32.1. The largest absolute Gasteiger partial charge is 0.271 e. The van der Waals surface area contributed by atoms with Crippen LogP contribution in [0.3, 0.4) is 0 Å². The van der Waals surface area contributed by atoms with Gasteiger partial charge in [0.25, 0.3) is 0 Å². The van der Waals surface area contributed by atoms with Gasteiger partial charge >= 0.3 is 0 Å². The first kappa shape index (κ1) is 9.48. The molecule has 1 aromatic carbocycles. The minimum Gasteiger partial charge on any atom is -0.271 e. The Morgan fingerprint density at radius 3 is 2.71 bits per heavy atom. The molecule has 14 heavy (non-hydrogen) atoms. The van der Waals surface area contributed by atoms with Crippen LogP contribution in [0.1, 0.15) is 5.82 Å². The lowest BCUT2D eigenvalue weighted by Gasteiger charge is -2.03. The van der Waals surface area contributed by atoms with E-state index in [1.54, 1.807) is 0 Å². The molecule has 1 aromatic heterocycles. The van der Waals surface area contributed by atoms with E-state index in [1.165, 1.54) is 0 Å². The number of aromatic amines is 1. The van der Waals surface area contributed by atoms with Crippen molar-refractivity contribution in [3.63, 3.8) is 0 Å². The van der Waals surface area contributed by atoms with Crippen LogP contribution >= 0.6 is 24.8 Å². The van der Waals surface area contributed by atoms with Gasteiger partial charge in [0.2, 0.25) is 0 Å². The van der Waals surface area contributed by atoms with E-state index in [0.29, 0.717) is 10.5 Å². The summed E-state index contributed by atoms with van der Waals surface area (Å²) in [5, 5.41) is 6.83. The van der Waals surface area contributed by atoms with Crippen LogP contribution < -0.4 is 0 Å². The fraction of sp³-hybridized carbons (Fsp3) is 0.111. The van der Waals surface area contributed by atoms with Crippen LogP contribution in [0.25, 0.3) is 5.69 Å². The Balaban J connectivity index is 2.61. The molecule has 0 radical (unpaired) electrons. The summed E-state index contributed by atoms with van der Waals surface area (Å²) in [5.41, 5.74) is 1.01. The zero-order valence-electron chi connectivity index (χ0n) is 7.34. The van der Waals surface area contributed by atoms with Crippen LogP contribution in [0.15, 0.2) is 30.3 Å². The van der Waals surface area contributed by atoms with Crippen LogP contribution in [-0.4, -0.2) is 14.8 Å². The Morgan fingerprint density at radius 1 is 1.36 bits per heavy atom. The maximum atomic E-state index is 5.13. The number of nitrogens with zero attached hydrogens (tertiary/aromatic N) is 2. The molecule has 0 bridgehead atoms. The second-order valence-electron chi connectivity index (χ2n) is 2.77. The fourth-order valence-electron chi connectivity index (χ4n) is 1.28. The van der Waals surface area contributed by atoms with Gasteiger partial charge in [-0.25, -0.2) is 0 Å². The van der Waals surface area contributed by atoms with Gasteiger partial charge < -0.3 is 0 Å². The van der Waals surface area contributed by atoms with E-state index in [4.69, 9.17) is 12.2 Å². The van der Waals surface area contributed by atoms with Crippen LogP contribution in [-0.2, 0) is 5.75 Å². The third kappa shape index (κ3) is 1.60. The molecule has 3 nitrogen and oxygen atoms in total. The Hall–Kier alpha value is -1.07. The van der Waals surface area contributed by atoms with Crippen molar-refractivity contribution in [3.05, 3.63) is 40.9 Å². The highest BCUT2D eigenvalue weighted by Gasteiger charge is 2.04. The molecule has 0 spiro atoms. The van der Waals surface area contributed by atoms with Crippen LogP contribution in [0.4, 0.5) is 0 Å². The van der Waals surface area contributed by atoms with Crippen molar-refractivity contribution in [2.24, 2.45) is 0 Å². The van der Waals surface area contributed by atoms with Crippen molar-refractivity contribution in [3.8, 4) is 5.69 Å². The molecule has 1 N–H and O–H groups in total. The molecule has 0 unspecified atom stereocenters. The lowest BCUT2D eigenvalue weighted by molar-refractivity contribution is 0.952. The molecule has 0 amide bonds. The van der Waals surface area contributed by atoms with E-state index in [-0.39, 0.29) is 0 Å². The topological polar surface area (TPSA) is 33.6 Å².